The van der Waals surface area contributed by atoms with Gasteiger partial charge in [0.25, 0.3) is 11.6 Å². The number of carbonyl (C=O) groups excluding carboxylic acids is 3. The van der Waals surface area contributed by atoms with Crippen LogP contribution in [0.1, 0.15) is 15.9 Å². The van der Waals surface area contributed by atoms with Gasteiger partial charge in [-0.1, -0.05) is 36.4 Å². The molecule has 10 heteroatoms. The average molecular weight is 449 g/mol. The summed E-state index contributed by atoms with van der Waals surface area (Å²) in [7, 11) is 0. The number of esters is 1. The third kappa shape index (κ3) is 7.17. The van der Waals surface area contributed by atoms with Crippen LogP contribution in [0.4, 0.5) is 16.2 Å². The first kappa shape index (κ1) is 22.9. The van der Waals surface area contributed by atoms with E-state index in [1.54, 1.807) is 12.1 Å². The molecule has 0 unspecified atom stereocenters. The highest BCUT2D eigenvalue weighted by molar-refractivity contribution is 5.97. The average Bonchev–Trinajstić information content (AvgIpc) is 2.82. The Kier molecular flexibility index (Phi) is 7.68. The lowest BCUT2D eigenvalue weighted by atomic mass is 10.2. The molecule has 2 N–H and O–H groups in total. The van der Waals surface area contributed by atoms with Crippen LogP contribution in [-0.2, 0) is 16.1 Å². The van der Waals surface area contributed by atoms with Crippen molar-refractivity contribution in [3.8, 4) is 5.75 Å². The van der Waals surface area contributed by atoms with Gasteiger partial charge in [-0.25, -0.2) is 4.79 Å². The molecule has 0 atom stereocenters. The zero-order valence-corrected chi connectivity index (χ0v) is 17.2. The van der Waals surface area contributed by atoms with E-state index in [-0.39, 0.29) is 35.8 Å². The molecular formula is C23H19N3O7. The Labute approximate surface area is 188 Å². The van der Waals surface area contributed by atoms with Crippen molar-refractivity contribution >= 4 is 29.3 Å². The summed E-state index contributed by atoms with van der Waals surface area (Å²) in [5.41, 5.74) is 1.18. The number of hydrogen-bond donors (Lipinski definition) is 2. The molecule has 3 aromatic carbocycles. The number of ether oxygens (including phenoxy) is 2. The lowest BCUT2D eigenvalue weighted by Gasteiger charge is -2.09. The van der Waals surface area contributed by atoms with Crippen LogP contribution >= 0.6 is 0 Å². The number of nitrogens with zero attached hydrogens (tertiary/aromatic N) is 1. The van der Waals surface area contributed by atoms with E-state index in [1.807, 2.05) is 30.3 Å². The van der Waals surface area contributed by atoms with E-state index >= 15 is 0 Å². The number of carbonyl (C=O) groups is 3. The molecule has 10 nitrogen and oxygen atoms in total. The van der Waals surface area contributed by atoms with Gasteiger partial charge in [0.1, 0.15) is 18.9 Å². The molecule has 33 heavy (non-hydrogen) atoms. The summed E-state index contributed by atoms with van der Waals surface area (Å²) >= 11 is 0. The number of anilines is 1. The number of non-ortho nitro benzene ring substituents is 1. The molecule has 0 radical (unpaired) electrons. The molecule has 0 aromatic heterocycles. The van der Waals surface area contributed by atoms with Crippen molar-refractivity contribution in [3.05, 3.63) is 100 Å². The van der Waals surface area contributed by atoms with E-state index in [0.29, 0.717) is 0 Å². The summed E-state index contributed by atoms with van der Waals surface area (Å²) in [5, 5.41) is 15.6. The number of nitro benzene ring substituents is 1. The molecule has 0 heterocycles. The number of nitro groups is 1. The van der Waals surface area contributed by atoms with Gasteiger partial charge in [-0.3, -0.25) is 25.0 Å². The minimum atomic E-state index is -0.842. The van der Waals surface area contributed by atoms with Gasteiger partial charge in [0.2, 0.25) is 0 Å². The van der Waals surface area contributed by atoms with Crippen LogP contribution in [-0.4, -0.2) is 29.4 Å². The summed E-state index contributed by atoms with van der Waals surface area (Å²) < 4.78 is 10.2. The fraction of sp³-hybridized carbons (Fsp3) is 0.0870. The fourth-order valence-corrected chi connectivity index (χ4v) is 2.67. The van der Waals surface area contributed by atoms with Crippen LogP contribution in [0.15, 0.2) is 78.9 Å². The minimum Gasteiger partial charge on any atom is -0.460 e. The van der Waals surface area contributed by atoms with Crippen LogP contribution < -0.4 is 15.4 Å². The molecule has 0 spiro atoms. The van der Waals surface area contributed by atoms with Gasteiger partial charge in [-0.15, -0.1) is 0 Å². The maximum Gasteiger partial charge on any atom is 0.417 e. The Morgan fingerprint density at radius 1 is 0.909 bits per heavy atom. The molecule has 0 aliphatic rings. The van der Waals surface area contributed by atoms with Crippen molar-refractivity contribution in [1.29, 1.82) is 0 Å². The molecular weight excluding hydrogens is 430 g/mol. The molecule has 0 fully saturated rings. The normalized spacial score (nSPS) is 10.1. The van der Waals surface area contributed by atoms with Crippen LogP contribution in [0, 0.1) is 10.1 Å². The highest BCUT2D eigenvalue weighted by atomic mass is 16.6. The van der Waals surface area contributed by atoms with Crippen molar-refractivity contribution < 1.29 is 28.8 Å². The Morgan fingerprint density at radius 3 is 2.33 bits per heavy atom. The number of nitrogens with one attached hydrogen (secondary N) is 2. The fourth-order valence-electron chi connectivity index (χ4n) is 2.67. The Balaban J connectivity index is 1.48. The summed E-state index contributed by atoms with van der Waals surface area (Å²) in [6.45, 7) is -0.211. The van der Waals surface area contributed by atoms with Crippen molar-refractivity contribution in [2.75, 3.05) is 11.9 Å². The first-order valence-corrected chi connectivity index (χ1v) is 9.72. The summed E-state index contributed by atoms with van der Waals surface area (Å²) in [5.74, 6) is -1.01. The predicted molar refractivity (Wildman–Crippen MR) is 118 cm³/mol. The molecule has 0 bridgehead atoms. The van der Waals surface area contributed by atoms with Crippen molar-refractivity contribution in [1.82, 2.24) is 5.32 Å². The molecule has 2 amide bonds. The largest absolute Gasteiger partial charge is 0.460 e. The maximum atomic E-state index is 12.3. The molecule has 3 aromatic rings. The van der Waals surface area contributed by atoms with E-state index in [4.69, 9.17) is 9.47 Å². The SMILES string of the molecule is O=C(CNC(=O)c1cccc(NC(=O)Oc2ccc([N+](=O)[O-])cc2)c1)OCc1ccccc1. The third-order valence-electron chi connectivity index (χ3n) is 4.27. The van der Waals surface area contributed by atoms with Crippen LogP contribution in [0.2, 0.25) is 0 Å². The van der Waals surface area contributed by atoms with E-state index in [1.165, 1.54) is 36.4 Å². The molecule has 3 rings (SSSR count). The number of hydrogen-bond acceptors (Lipinski definition) is 7. The number of benzene rings is 3. The second-order valence-corrected chi connectivity index (χ2v) is 6.68. The molecule has 0 aliphatic carbocycles. The predicted octanol–water partition coefficient (Wildman–Crippen LogP) is 3.68. The molecule has 168 valence electrons. The quantitative estimate of drug-likeness (QED) is 0.304. The number of amides is 2. The molecule has 0 saturated heterocycles. The second kappa shape index (κ2) is 11.0. The van der Waals surface area contributed by atoms with Gasteiger partial charge in [-0.05, 0) is 35.9 Å². The van der Waals surface area contributed by atoms with Gasteiger partial charge >= 0.3 is 12.1 Å². The van der Waals surface area contributed by atoms with Gasteiger partial charge in [-0.2, -0.15) is 0 Å². The van der Waals surface area contributed by atoms with Gasteiger partial charge in [0.05, 0.1) is 4.92 Å². The highest BCUT2D eigenvalue weighted by Gasteiger charge is 2.12. The van der Waals surface area contributed by atoms with Crippen LogP contribution in [0.25, 0.3) is 0 Å². The lowest BCUT2D eigenvalue weighted by Crippen LogP contribution is -2.30. The van der Waals surface area contributed by atoms with Crippen molar-refractivity contribution in [2.45, 2.75) is 6.61 Å². The smallest absolute Gasteiger partial charge is 0.417 e. The van der Waals surface area contributed by atoms with E-state index < -0.39 is 22.9 Å². The first-order valence-electron chi connectivity index (χ1n) is 9.72. The van der Waals surface area contributed by atoms with Crippen molar-refractivity contribution in [2.24, 2.45) is 0 Å². The van der Waals surface area contributed by atoms with Gasteiger partial charge < -0.3 is 14.8 Å². The molecule has 0 aliphatic heterocycles. The Hall–Kier alpha value is -4.73. The monoisotopic (exact) mass is 449 g/mol. The van der Waals surface area contributed by atoms with E-state index in [0.717, 1.165) is 5.56 Å². The minimum absolute atomic E-state index is 0.103. The van der Waals surface area contributed by atoms with E-state index in [9.17, 15) is 24.5 Å². The lowest BCUT2D eigenvalue weighted by molar-refractivity contribution is -0.384. The van der Waals surface area contributed by atoms with Gasteiger partial charge in [0, 0.05) is 23.4 Å². The zero-order valence-electron chi connectivity index (χ0n) is 17.2. The Morgan fingerprint density at radius 2 is 1.64 bits per heavy atom. The zero-order chi connectivity index (χ0) is 23.6. The summed E-state index contributed by atoms with van der Waals surface area (Å²) in [6, 6.07) is 20.1. The van der Waals surface area contributed by atoms with Gasteiger partial charge in [0.15, 0.2) is 0 Å². The summed E-state index contributed by atoms with van der Waals surface area (Å²) in [6.07, 6.45) is -0.842. The second-order valence-electron chi connectivity index (χ2n) is 6.68. The number of rotatable bonds is 8. The Bertz CT molecular complexity index is 1150. The standard InChI is InChI=1S/C23H19N3O7/c27-21(32-15-16-5-2-1-3-6-16)14-24-22(28)17-7-4-8-18(13-17)25-23(29)33-20-11-9-19(10-12-20)26(30)31/h1-13H,14-15H2,(H,24,28)(H,25,29). The maximum absolute atomic E-state index is 12.3. The molecule has 0 saturated carbocycles. The van der Waals surface area contributed by atoms with Crippen molar-refractivity contribution in [3.63, 3.8) is 0 Å². The third-order valence-corrected chi connectivity index (χ3v) is 4.27. The topological polar surface area (TPSA) is 137 Å². The van der Waals surface area contributed by atoms with Crippen LogP contribution in [0.3, 0.4) is 0 Å². The summed E-state index contributed by atoms with van der Waals surface area (Å²) in [4.78, 5) is 46.3. The highest BCUT2D eigenvalue weighted by Crippen LogP contribution is 2.18. The first-order chi connectivity index (χ1) is 15.9. The van der Waals surface area contributed by atoms with E-state index in [2.05, 4.69) is 10.6 Å². The van der Waals surface area contributed by atoms with Crippen LogP contribution in [0.5, 0.6) is 5.75 Å².